The number of Topliss-reactive ketones (excluding diaryl/α,β-unsaturated/α-hetero) is 1. The molecule has 2 aromatic rings. The smallest absolute Gasteiger partial charge is 0.336 e. The molecule has 37 heavy (non-hydrogen) atoms. The van der Waals surface area contributed by atoms with E-state index in [1.54, 1.807) is 20.3 Å². The molecule has 194 valence electrons. The van der Waals surface area contributed by atoms with Crippen LogP contribution in [-0.2, 0) is 14.3 Å². The standard InChI is InChI=1S/C30H32ClNO5/c1-17-27(30(34)37-22-9-4-5-10-22)28(19-7-6-8-21(31)13-19)29-23(32-17)14-20(15-24(29)33)18-11-12-25(35-2)26(16-18)36-3/h6-8,11-14,16,20,22,28-29,32H,4-5,9-10,15H2,1-3H3. The molecule has 5 rings (SSSR count). The van der Waals surface area contributed by atoms with Gasteiger partial charge in [0.1, 0.15) is 11.9 Å². The largest absolute Gasteiger partial charge is 0.493 e. The molecule has 7 heteroatoms. The van der Waals surface area contributed by atoms with Crippen molar-refractivity contribution in [3.8, 4) is 11.5 Å². The van der Waals surface area contributed by atoms with Gasteiger partial charge in [-0.1, -0.05) is 35.9 Å². The predicted octanol–water partition coefficient (Wildman–Crippen LogP) is 6.06. The van der Waals surface area contributed by atoms with Crippen LogP contribution in [0.15, 0.2) is 65.5 Å². The van der Waals surface area contributed by atoms with Crippen LogP contribution in [0.5, 0.6) is 11.5 Å². The number of ether oxygens (including phenoxy) is 3. The van der Waals surface area contributed by atoms with E-state index in [4.69, 9.17) is 25.8 Å². The van der Waals surface area contributed by atoms with E-state index in [1.165, 1.54) is 0 Å². The minimum Gasteiger partial charge on any atom is -0.493 e. The molecule has 0 radical (unpaired) electrons. The van der Waals surface area contributed by atoms with Crippen LogP contribution >= 0.6 is 11.6 Å². The summed E-state index contributed by atoms with van der Waals surface area (Å²) in [5.41, 5.74) is 3.81. The lowest BCUT2D eigenvalue weighted by atomic mass is 9.68. The van der Waals surface area contributed by atoms with Crippen LogP contribution in [0.4, 0.5) is 0 Å². The second kappa shape index (κ2) is 10.6. The second-order valence-electron chi connectivity index (χ2n) is 10.00. The molecule has 0 aromatic heterocycles. The van der Waals surface area contributed by atoms with Crippen molar-refractivity contribution >= 4 is 23.4 Å². The SMILES string of the molecule is COc1ccc(C2C=C3NC(C)=C(C(=O)OC4CCCC4)C(c4cccc(Cl)c4)C3C(=O)C2)cc1OC. The number of allylic oxidation sites excluding steroid dienone is 3. The van der Waals surface area contributed by atoms with Crippen molar-refractivity contribution in [3.05, 3.63) is 81.7 Å². The van der Waals surface area contributed by atoms with Crippen LogP contribution in [0.25, 0.3) is 0 Å². The number of halogens is 1. The van der Waals surface area contributed by atoms with E-state index in [1.807, 2.05) is 43.3 Å². The van der Waals surface area contributed by atoms with Gasteiger partial charge in [0.15, 0.2) is 11.5 Å². The Balaban J connectivity index is 1.56. The molecule has 6 nitrogen and oxygen atoms in total. The quantitative estimate of drug-likeness (QED) is 0.466. The van der Waals surface area contributed by atoms with E-state index in [0.717, 1.165) is 42.5 Å². The number of carbonyl (C=O) groups is 2. The van der Waals surface area contributed by atoms with Crippen LogP contribution in [-0.4, -0.2) is 32.1 Å². The van der Waals surface area contributed by atoms with E-state index in [2.05, 4.69) is 11.4 Å². The minimum atomic E-state index is -0.523. The Morgan fingerprint density at radius 2 is 1.73 bits per heavy atom. The Morgan fingerprint density at radius 3 is 2.43 bits per heavy atom. The summed E-state index contributed by atoms with van der Waals surface area (Å²) in [7, 11) is 3.20. The maximum atomic E-state index is 13.8. The van der Waals surface area contributed by atoms with Crippen LogP contribution in [0, 0.1) is 5.92 Å². The number of fused-ring (bicyclic) bond motifs is 1. The highest BCUT2D eigenvalue weighted by molar-refractivity contribution is 6.30. The van der Waals surface area contributed by atoms with Crippen LogP contribution in [0.1, 0.15) is 62.0 Å². The van der Waals surface area contributed by atoms with Gasteiger partial charge in [-0.25, -0.2) is 4.79 Å². The molecule has 1 saturated carbocycles. The zero-order chi connectivity index (χ0) is 26.1. The average molecular weight is 522 g/mol. The average Bonchev–Trinajstić information content (AvgIpc) is 3.40. The zero-order valence-electron chi connectivity index (χ0n) is 21.4. The van der Waals surface area contributed by atoms with E-state index in [9.17, 15) is 9.59 Å². The Bertz CT molecular complexity index is 1280. The van der Waals surface area contributed by atoms with E-state index in [0.29, 0.717) is 34.2 Å². The Kier molecular flexibility index (Phi) is 7.29. The number of hydrogen-bond acceptors (Lipinski definition) is 6. The van der Waals surface area contributed by atoms with Gasteiger partial charge >= 0.3 is 5.97 Å². The number of benzene rings is 2. The van der Waals surface area contributed by atoms with Gasteiger partial charge in [-0.15, -0.1) is 0 Å². The highest BCUT2D eigenvalue weighted by Crippen LogP contribution is 2.47. The molecule has 3 aliphatic rings. The van der Waals surface area contributed by atoms with Gasteiger partial charge in [0.05, 0.1) is 25.7 Å². The lowest BCUT2D eigenvalue weighted by Gasteiger charge is -2.39. The van der Waals surface area contributed by atoms with Crippen molar-refractivity contribution in [1.29, 1.82) is 0 Å². The molecule has 1 N–H and O–H groups in total. The molecule has 0 bridgehead atoms. The van der Waals surface area contributed by atoms with Crippen molar-refractivity contribution in [3.63, 3.8) is 0 Å². The van der Waals surface area contributed by atoms with Gasteiger partial charge < -0.3 is 19.5 Å². The molecule has 1 aliphatic heterocycles. The third-order valence-electron chi connectivity index (χ3n) is 7.70. The monoisotopic (exact) mass is 521 g/mol. The molecule has 1 heterocycles. The maximum absolute atomic E-state index is 13.8. The van der Waals surface area contributed by atoms with Gasteiger partial charge in [0.2, 0.25) is 0 Å². The lowest BCUT2D eigenvalue weighted by Crippen LogP contribution is -2.42. The first kappa shape index (κ1) is 25.4. The highest BCUT2D eigenvalue weighted by Gasteiger charge is 2.45. The summed E-state index contributed by atoms with van der Waals surface area (Å²) in [4.78, 5) is 27.4. The first-order valence-electron chi connectivity index (χ1n) is 12.8. The van der Waals surface area contributed by atoms with Gasteiger partial charge in [0.25, 0.3) is 0 Å². The number of hydrogen-bond donors (Lipinski definition) is 1. The normalized spacial score (nSPS) is 23.7. The fraction of sp³-hybridized carbons (Fsp3) is 0.400. The van der Waals surface area contributed by atoms with Crippen molar-refractivity contribution in [2.24, 2.45) is 5.92 Å². The molecule has 3 unspecified atom stereocenters. The van der Waals surface area contributed by atoms with E-state index >= 15 is 0 Å². The summed E-state index contributed by atoms with van der Waals surface area (Å²) >= 11 is 6.36. The van der Waals surface area contributed by atoms with Crippen molar-refractivity contribution < 1.29 is 23.8 Å². The topological polar surface area (TPSA) is 73.9 Å². The molecular weight excluding hydrogens is 490 g/mol. The van der Waals surface area contributed by atoms with E-state index in [-0.39, 0.29) is 23.8 Å². The summed E-state index contributed by atoms with van der Waals surface area (Å²) in [6.07, 6.45) is 6.25. The minimum absolute atomic E-state index is 0.0634. The van der Waals surface area contributed by atoms with Gasteiger partial charge in [-0.3, -0.25) is 4.79 Å². The summed E-state index contributed by atoms with van der Waals surface area (Å²) in [5.74, 6) is -0.159. The molecule has 2 aromatic carbocycles. The number of methoxy groups -OCH3 is 2. The third kappa shape index (κ3) is 4.99. The number of nitrogens with one attached hydrogen (secondary N) is 1. The van der Waals surface area contributed by atoms with Crippen LogP contribution < -0.4 is 14.8 Å². The summed E-state index contributed by atoms with van der Waals surface area (Å²) in [6.45, 7) is 1.88. The van der Waals surface area contributed by atoms with Crippen LogP contribution in [0.3, 0.4) is 0 Å². The fourth-order valence-electron chi connectivity index (χ4n) is 5.92. The molecule has 1 fully saturated rings. The third-order valence-corrected chi connectivity index (χ3v) is 7.94. The molecule has 0 saturated heterocycles. The number of carbonyl (C=O) groups excluding carboxylic acids is 2. The van der Waals surface area contributed by atoms with E-state index < -0.39 is 11.8 Å². The molecule has 2 aliphatic carbocycles. The molecule has 0 amide bonds. The first-order chi connectivity index (χ1) is 17.9. The highest BCUT2D eigenvalue weighted by atomic mass is 35.5. The first-order valence-corrected chi connectivity index (χ1v) is 13.2. The summed E-state index contributed by atoms with van der Waals surface area (Å²) in [5, 5.41) is 3.96. The van der Waals surface area contributed by atoms with Crippen molar-refractivity contribution in [2.75, 3.05) is 14.2 Å². The molecule has 0 spiro atoms. The number of ketones is 1. The van der Waals surface area contributed by atoms with Gasteiger partial charge in [0, 0.05) is 34.7 Å². The van der Waals surface area contributed by atoms with Gasteiger partial charge in [-0.05, 0) is 68.0 Å². The number of rotatable bonds is 6. The Morgan fingerprint density at radius 1 is 0.973 bits per heavy atom. The molecule has 3 atom stereocenters. The second-order valence-corrected chi connectivity index (χ2v) is 10.4. The van der Waals surface area contributed by atoms with Gasteiger partial charge in [-0.2, -0.15) is 0 Å². The number of esters is 1. The fourth-order valence-corrected chi connectivity index (χ4v) is 6.12. The summed E-state index contributed by atoms with van der Waals surface area (Å²) in [6, 6.07) is 13.2. The van der Waals surface area contributed by atoms with Crippen molar-refractivity contribution in [1.82, 2.24) is 5.32 Å². The lowest BCUT2D eigenvalue weighted by molar-refractivity contribution is -0.144. The maximum Gasteiger partial charge on any atom is 0.336 e. The molecular formula is C30H32ClNO5. The Labute approximate surface area is 222 Å². The summed E-state index contributed by atoms with van der Waals surface area (Å²) < 4.78 is 16.8. The van der Waals surface area contributed by atoms with Crippen molar-refractivity contribution in [2.45, 2.75) is 57.0 Å². The zero-order valence-corrected chi connectivity index (χ0v) is 22.1. The van der Waals surface area contributed by atoms with Crippen LogP contribution in [0.2, 0.25) is 5.02 Å². The predicted molar refractivity (Wildman–Crippen MR) is 142 cm³/mol. The Hall–Kier alpha value is -3.25.